The van der Waals surface area contributed by atoms with Gasteiger partial charge in [-0.3, -0.25) is 9.59 Å². The first-order valence-electron chi connectivity index (χ1n) is 6.93. The average Bonchev–Trinajstić information content (AvgIpc) is 2.88. The van der Waals surface area contributed by atoms with Gasteiger partial charge in [-0.15, -0.1) is 0 Å². The Kier molecular flexibility index (Phi) is 4.22. The van der Waals surface area contributed by atoms with E-state index in [2.05, 4.69) is 6.92 Å². The van der Waals surface area contributed by atoms with Gasteiger partial charge < -0.3 is 15.5 Å². The van der Waals surface area contributed by atoms with Gasteiger partial charge in [-0.1, -0.05) is 13.3 Å². The molecule has 0 aromatic carbocycles. The number of carbonyl (C=O) groups is 2. The van der Waals surface area contributed by atoms with Crippen LogP contribution in [0.2, 0.25) is 0 Å². The van der Waals surface area contributed by atoms with Gasteiger partial charge in [-0.05, 0) is 18.8 Å². The molecule has 2 N–H and O–H groups in total. The summed E-state index contributed by atoms with van der Waals surface area (Å²) in [5.74, 6) is 0.587. The zero-order valence-electron chi connectivity index (χ0n) is 11.1. The number of nitrogens with zero attached hydrogens (tertiary/aromatic N) is 2. The molecule has 0 unspecified atom stereocenters. The largest absolute Gasteiger partial charge is 0.339 e. The molecule has 2 amide bonds. The molecule has 0 saturated carbocycles. The Morgan fingerprint density at radius 3 is 2.83 bits per heavy atom. The van der Waals surface area contributed by atoms with Gasteiger partial charge in [0.2, 0.25) is 11.8 Å². The average molecular weight is 253 g/mol. The molecule has 0 aromatic rings. The van der Waals surface area contributed by atoms with Crippen molar-refractivity contribution in [2.45, 2.75) is 38.6 Å². The Balaban J connectivity index is 1.85. The van der Waals surface area contributed by atoms with E-state index < -0.39 is 0 Å². The summed E-state index contributed by atoms with van der Waals surface area (Å²) < 4.78 is 0. The minimum Gasteiger partial charge on any atom is -0.339 e. The number of hydrogen-bond acceptors (Lipinski definition) is 3. The maximum absolute atomic E-state index is 12.1. The molecule has 0 aromatic heterocycles. The summed E-state index contributed by atoms with van der Waals surface area (Å²) in [5, 5.41) is 0. The number of nitrogens with two attached hydrogens (primary N) is 1. The highest BCUT2D eigenvalue weighted by Crippen LogP contribution is 2.21. The highest BCUT2D eigenvalue weighted by atomic mass is 16.2. The lowest BCUT2D eigenvalue weighted by Gasteiger charge is -2.21. The molecule has 2 aliphatic rings. The zero-order valence-corrected chi connectivity index (χ0v) is 11.1. The minimum absolute atomic E-state index is 0.0549. The lowest BCUT2D eigenvalue weighted by Crippen LogP contribution is -2.40. The number of carbonyl (C=O) groups excluding carboxylic acids is 2. The van der Waals surface area contributed by atoms with Crippen LogP contribution in [0.5, 0.6) is 0 Å². The van der Waals surface area contributed by atoms with Crippen LogP contribution in [0.3, 0.4) is 0 Å². The summed E-state index contributed by atoms with van der Waals surface area (Å²) in [6, 6.07) is 0.100. The Morgan fingerprint density at radius 2 is 2.22 bits per heavy atom. The summed E-state index contributed by atoms with van der Waals surface area (Å²) in [6.45, 7) is 4.51. The molecule has 2 heterocycles. The fourth-order valence-electron chi connectivity index (χ4n) is 2.91. The third-order valence-electron chi connectivity index (χ3n) is 4.00. The van der Waals surface area contributed by atoms with E-state index in [1.165, 1.54) is 0 Å². The second-order valence-electron chi connectivity index (χ2n) is 5.43. The van der Waals surface area contributed by atoms with Gasteiger partial charge in [0.1, 0.15) is 0 Å². The van der Waals surface area contributed by atoms with E-state index in [1.54, 1.807) is 4.90 Å². The van der Waals surface area contributed by atoms with Crippen LogP contribution in [-0.2, 0) is 9.59 Å². The maximum atomic E-state index is 12.1. The van der Waals surface area contributed by atoms with Gasteiger partial charge in [0.25, 0.3) is 0 Å². The topological polar surface area (TPSA) is 66.6 Å². The molecule has 2 atom stereocenters. The quantitative estimate of drug-likeness (QED) is 0.778. The normalized spacial score (nSPS) is 28.2. The van der Waals surface area contributed by atoms with E-state index in [1.807, 2.05) is 4.90 Å². The number of amides is 2. The molecule has 2 rings (SSSR count). The predicted molar refractivity (Wildman–Crippen MR) is 68.8 cm³/mol. The summed E-state index contributed by atoms with van der Waals surface area (Å²) in [6.07, 6.45) is 3.65. The first-order valence-corrected chi connectivity index (χ1v) is 6.93. The third-order valence-corrected chi connectivity index (χ3v) is 4.00. The molecule has 2 aliphatic heterocycles. The van der Waals surface area contributed by atoms with Crippen molar-refractivity contribution >= 4 is 11.8 Å². The van der Waals surface area contributed by atoms with Crippen molar-refractivity contribution in [3.63, 3.8) is 0 Å². The number of hydrogen-bond donors (Lipinski definition) is 1. The lowest BCUT2D eigenvalue weighted by molar-refractivity contribution is -0.137. The van der Waals surface area contributed by atoms with Crippen LogP contribution in [0.1, 0.15) is 32.6 Å². The smallest absolute Gasteiger partial charge is 0.242 e. The fraction of sp³-hybridized carbons (Fsp3) is 0.846. The van der Waals surface area contributed by atoms with Crippen LogP contribution in [0.25, 0.3) is 0 Å². The van der Waals surface area contributed by atoms with E-state index in [9.17, 15) is 9.59 Å². The van der Waals surface area contributed by atoms with E-state index in [4.69, 9.17) is 5.73 Å². The first kappa shape index (κ1) is 13.3. The summed E-state index contributed by atoms with van der Waals surface area (Å²) in [5.41, 5.74) is 6.05. The summed E-state index contributed by atoms with van der Waals surface area (Å²) in [4.78, 5) is 27.1. The van der Waals surface area contributed by atoms with Crippen molar-refractivity contribution in [3.8, 4) is 0 Å². The fourth-order valence-corrected chi connectivity index (χ4v) is 2.91. The van der Waals surface area contributed by atoms with Crippen molar-refractivity contribution in [2.75, 3.05) is 26.2 Å². The zero-order chi connectivity index (χ0) is 13.1. The van der Waals surface area contributed by atoms with Crippen LogP contribution in [0, 0.1) is 5.92 Å². The molecule has 5 nitrogen and oxygen atoms in total. The molecule has 0 spiro atoms. The van der Waals surface area contributed by atoms with Crippen molar-refractivity contribution in [2.24, 2.45) is 11.7 Å². The third kappa shape index (κ3) is 2.83. The van der Waals surface area contributed by atoms with Gasteiger partial charge in [0.05, 0.1) is 6.54 Å². The Morgan fingerprint density at radius 1 is 1.44 bits per heavy atom. The van der Waals surface area contributed by atoms with Gasteiger partial charge in [0.15, 0.2) is 0 Å². The highest BCUT2D eigenvalue weighted by molar-refractivity contribution is 5.86. The van der Waals surface area contributed by atoms with E-state index in [0.29, 0.717) is 18.9 Å². The molecule has 102 valence electrons. The molecule has 5 heteroatoms. The Labute approximate surface area is 108 Å². The molecule has 0 radical (unpaired) electrons. The number of likely N-dealkylation sites (tertiary alicyclic amines) is 2. The highest BCUT2D eigenvalue weighted by Gasteiger charge is 2.33. The summed E-state index contributed by atoms with van der Waals surface area (Å²) in [7, 11) is 0. The molecule has 0 aliphatic carbocycles. The van der Waals surface area contributed by atoms with Crippen molar-refractivity contribution in [1.29, 1.82) is 0 Å². The van der Waals surface area contributed by atoms with Crippen LogP contribution in [0.15, 0.2) is 0 Å². The van der Waals surface area contributed by atoms with E-state index in [-0.39, 0.29) is 24.4 Å². The van der Waals surface area contributed by atoms with Crippen molar-refractivity contribution in [1.82, 2.24) is 9.80 Å². The second-order valence-corrected chi connectivity index (χ2v) is 5.43. The van der Waals surface area contributed by atoms with Crippen molar-refractivity contribution < 1.29 is 9.59 Å². The Bertz CT molecular complexity index is 332. The minimum atomic E-state index is 0.0549. The standard InChI is InChI=1S/C13H23N3O2/c1-2-4-10-7-16(8-11(10)14)13(18)9-15-6-3-5-12(15)17/h10-11H,2-9,14H2,1H3/t10-,11-/m0/s1. The predicted octanol–water partition coefficient (Wildman–Crippen LogP) is 0.195. The number of rotatable bonds is 4. The SMILES string of the molecule is CCC[C@H]1CN(C(=O)CN2CCCC2=O)C[C@@H]1N. The molecular formula is C13H23N3O2. The van der Waals surface area contributed by atoms with Gasteiger partial charge in [-0.2, -0.15) is 0 Å². The van der Waals surface area contributed by atoms with Crippen LogP contribution in [0.4, 0.5) is 0 Å². The lowest BCUT2D eigenvalue weighted by atomic mass is 9.99. The van der Waals surface area contributed by atoms with Gasteiger partial charge in [-0.25, -0.2) is 0 Å². The molecular weight excluding hydrogens is 230 g/mol. The van der Waals surface area contributed by atoms with Crippen LogP contribution >= 0.6 is 0 Å². The second kappa shape index (κ2) is 5.69. The molecule has 2 saturated heterocycles. The Hall–Kier alpha value is -1.10. The van der Waals surface area contributed by atoms with Gasteiger partial charge >= 0.3 is 0 Å². The maximum Gasteiger partial charge on any atom is 0.242 e. The summed E-state index contributed by atoms with van der Waals surface area (Å²) >= 11 is 0. The monoisotopic (exact) mass is 253 g/mol. The van der Waals surface area contributed by atoms with E-state index >= 15 is 0 Å². The molecule has 18 heavy (non-hydrogen) atoms. The van der Waals surface area contributed by atoms with E-state index in [0.717, 1.165) is 32.4 Å². The molecule has 2 fully saturated rings. The molecule has 0 bridgehead atoms. The van der Waals surface area contributed by atoms with Gasteiger partial charge in [0, 0.05) is 32.1 Å². The van der Waals surface area contributed by atoms with Crippen LogP contribution in [-0.4, -0.2) is 53.8 Å². The first-order chi connectivity index (χ1) is 8.61. The van der Waals surface area contributed by atoms with Crippen LogP contribution < -0.4 is 5.73 Å². The van der Waals surface area contributed by atoms with Crippen molar-refractivity contribution in [3.05, 3.63) is 0 Å².